The van der Waals surface area contributed by atoms with Gasteiger partial charge in [-0.05, 0) is 69.4 Å². The third-order valence-corrected chi connectivity index (χ3v) is 6.89. The van der Waals surface area contributed by atoms with Gasteiger partial charge in [0.05, 0.1) is 18.1 Å². The van der Waals surface area contributed by atoms with E-state index in [1.807, 2.05) is 20.8 Å². The summed E-state index contributed by atoms with van der Waals surface area (Å²) in [4.78, 5) is 13.9. The fourth-order valence-corrected chi connectivity index (χ4v) is 4.57. The number of likely N-dealkylation sites (tertiary alicyclic amines) is 1. The quantitative estimate of drug-likeness (QED) is 0.521. The molecule has 192 valence electrons. The lowest BCUT2D eigenvalue weighted by molar-refractivity contribution is 0.0164. The first-order valence-corrected chi connectivity index (χ1v) is 13.5. The highest BCUT2D eigenvalue weighted by atomic mass is 32.2. The zero-order valence-electron chi connectivity index (χ0n) is 21.0. The Kier molecular flexibility index (Phi) is 8.43. The van der Waals surface area contributed by atoms with E-state index in [9.17, 15) is 17.6 Å². The molecular weight excluding hydrogens is 473 g/mol. The largest absolute Gasteiger partial charge is 0.493 e. The average Bonchev–Trinajstić information content (AvgIpc) is 2.77. The van der Waals surface area contributed by atoms with E-state index < -0.39 is 21.3 Å². The third kappa shape index (κ3) is 7.41. The van der Waals surface area contributed by atoms with Crippen LogP contribution >= 0.6 is 0 Å². The maximum Gasteiger partial charge on any atom is 0.410 e. The highest BCUT2D eigenvalue weighted by Gasteiger charge is 2.27. The first-order chi connectivity index (χ1) is 16.4. The number of ether oxygens (including phenoxy) is 3. The lowest BCUT2D eigenvalue weighted by Gasteiger charge is -2.33. The first kappa shape index (κ1) is 26.9. The number of rotatable bonds is 7. The summed E-state index contributed by atoms with van der Waals surface area (Å²) in [5.41, 5.74) is 1.16. The molecule has 1 amide bonds. The summed E-state index contributed by atoms with van der Waals surface area (Å²) < 4.78 is 55.0. The molecule has 0 atom stereocenters. The molecule has 7 nitrogen and oxygen atoms in total. The van der Waals surface area contributed by atoms with Crippen molar-refractivity contribution in [2.24, 2.45) is 5.92 Å². The van der Waals surface area contributed by atoms with Gasteiger partial charge in [-0.3, -0.25) is 0 Å². The van der Waals surface area contributed by atoms with E-state index in [-0.39, 0.29) is 17.6 Å². The number of piperidine rings is 1. The Labute approximate surface area is 207 Å². The molecule has 1 heterocycles. The zero-order chi connectivity index (χ0) is 25.8. The standard InChI is InChI=1S/C26H34FNO6S/c1-26(2,3)34-25(29)28-12-10-18(11-13-28)16-33-24-9-6-19(14-20(24)17-32-4)22-8-7-21(15-23(22)27)35(5,30)31/h6-9,14-15,18H,10-13,16-17H2,1-5H3. The van der Waals surface area contributed by atoms with E-state index in [4.69, 9.17) is 14.2 Å². The topological polar surface area (TPSA) is 82.1 Å². The molecule has 1 aliphatic heterocycles. The second-order valence-electron chi connectivity index (χ2n) is 9.89. The van der Waals surface area contributed by atoms with Crippen LogP contribution in [0.15, 0.2) is 41.3 Å². The number of nitrogens with zero attached hydrogens (tertiary/aromatic N) is 1. The van der Waals surface area contributed by atoms with Crippen LogP contribution in [-0.4, -0.2) is 58.1 Å². The lowest BCUT2D eigenvalue weighted by Crippen LogP contribution is -2.42. The van der Waals surface area contributed by atoms with Gasteiger partial charge in [0, 0.05) is 37.6 Å². The Morgan fingerprint density at radius 2 is 1.80 bits per heavy atom. The second-order valence-corrected chi connectivity index (χ2v) is 11.9. The molecule has 0 aromatic heterocycles. The van der Waals surface area contributed by atoms with Gasteiger partial charge < -0.3 is 19.1 Å². The summed E-state index contributed by atoms with van der Waals surface area (Å²) >= 11 is 0. The van der Waals surface area contributed by atoms with Crippen molar-refractivity contribution in [3.63, 3.8) is 0 Å². The number of sulfone groups is 1. The molecule has 0 N–H and O–H groups in total. The maximum absolute atomic E-state index is 14.7. The highest BCUT2D eigenvalue weighted by molar-refractivity contribution is 7.90. The Hall–Kier alpha value is -2.65. The molecule has 1 aliphatic rings. The van der Waals surface area contributed by atoms with Crippen LogP contribution in [0, 0.1) is 11.7 Å². The number of hydrogen-bond acceptors (Lipinski definition) is 6. The lowest BCUT2D eigenvalue weighted by atomic mass is 9.98. The van der Waals surface area contributed by atoms with Crippen molar-refractivity contribution in [3.8, 4) is 16.9 Å². The van der Waals surface area contributed by atoms with Crippen LogP contribution in [-0.2, 0) is 25.9 Å². The van der Waals surface area contributed by atoms with Crippen LogP contribution in [0.2, 0.25) is 0 Å². The van der Waals surface area contributed by atoms with E-state index >= 15 is 0 Å². The molecule has 2 aromatic rings. The van der Waals surface area contributed by atoms with Crippen LogP contribution < -0.4 is 4.74 Å². The Balaban J connectivity index is 1.66. The van der Waals surface area contributed by atoms with E-state index in [0.717, 1.165) is 30.7 Å². The van der Waals surface area contributed by atoms with Crippen LogP contribution in [0.5, 0.6) is 5.75 Å². The van der Waals surface area contributed by atoms with E-state index in [2.05, 4.69) is 0 Å². The molecule has 1 fully saturated rings. The SMILES string of the molecule is COCc1cc(-c2ccc(S(C)(=O)=O)cc2F)ccc1OCC1CCN(C(=O)OC(C)(C)C)CC1. The average molecular weight is 508 g/mol. The van der Waals surface area contributed by atoms with Gasteiger partial charge >= 0.3 is 6.09 Å². The molecule has 2 aromatic carbocycles. The fourth-order valence-electron chi connectivity index (χ4n) is 3.93. The minimum atomic E-state index is -3.49. The number of halogens is 1. The van der Waals surface area contributed by atoms with Crippen molar-refractivity contribution in [1.82, 2.24) is 4.90 Å². The van der Waals surface area contributed by atoms with Crippen molar-refractivity contribution >= 4 is 15.9 Å². The normalized spacial score (nSPS) is 15.2. The summed E-state index contributed by atoms with van der Waals surface area (Å²) in [6.45, 7) is 7.58. The number of hydrogen-bond donors (Lipinski definition) is 0. The van der Waals surface area contributed by atoms with Gasteiger partial charge in [-0.15, -0.1) is 0 Å². The molecule has 9 heteroatoms. The molecule has 0 unspecified atom stereocenters. The maximum atomic E-state index is 14.7. The highest BCUT2D eigenvalue weighted by Crippen LogP contribution is 2.31. The molecular formula is C26H34FNO6S. The number of amides is 1. The summed E-state index contributed by atoms with van der Waals surface area (Å²) in [5, 5.41) is 0. The van der Waals surface area contributed by atoms with E-state index in [1.165, 1.54) is 12.1 Å². The predicted octanol–water partition coefficient (Wildman–Crippen LogP) is 5.07. The Morgan fingerprint density at radius 3 is 2.37 bits per heavy atom. The second kappa shape index (κ2) is 11.0. The molecule has 0 spiro atoms. The minimum absolute atomic E-state index is 0.0615. The van der Waals surface area contributed by atoms with Crippen LogP contribution in [0.1, 0.15) is 39.2 Å². The molecule has 0 saturated carbocycles. The summed E-state index contributed by atoms with van der Waals surface area (Å²) in [5.74, 6) is 0.338. The number of carbonyl (C=O) groups excluding carboxylic acids is 1. The van der Waals surface area contributed by atoms with Gasteiger partial charge in [0.25, 0.3) is 0 Å². The van der Waals surface area contributed by atoms with Crippen LogP contribution in [0.4, 0.5) is 9.18 Å². The number of carbonyl (C=O) groups is 1. The Bertz CT molecular complexity index is 1150. The molecule has 0 bridgehead atoms. The van der Waals surface area contributed by atoms with E-state index in [1.54, 1.807) is 30.2 Å². The van der Waals surface area contributed by atoms with Gasteiger partial charge in [0.15, 0.2) is 9.84 Å². The first-order valence-electron chi connectivity index (χ1n) is 11.6. The molecule has 0 aliphatic carbocycles. The molecule has 35 heavy (non-hydrogen) atoms. The molecule has 0 radical (unpaired) electrons. The zero-order valence-corrected chi connectivity index (χ0v) is 21.8. The fraction of sp³-hybridized carbons (Fsp3) is 0.500. The monoisotopic (exact) mass is 507 g/mol. The van der Waals surface area contributed by atoms with Crippen molar-refractivity contribution in [2.45, 2.75) is 50.7 Å². The predicted molar refractivity (Wildman–Crippen MR) is 132 cm³/mol. The number of methoxy groups -OCH3 is 1. The van der Waals surface area contributed by atoms with Gasteiger partial charge in [-0.25, -0.2) is 17.6 Å². The van der Waals surface area contributed by atoms with Crippen molar-refractivity contribution in [3.05, 3.63) is 47.8 Å². The van der Waals surface area contributed by atoms with Crippen molar-refractivity contribution in [2.75, 3.05) is 33.1 Å². The van der Waals surface area contributed by atoms with Gasteiger partial charge in [-0.1, -0.05) is 12.1 Å². The summed E-state index contributed by atoms with van der Waals surface area (Å²) in [7, 11) is -1.92. The Morgan fingerprint density at radius 1 is 1.11 bits per heavy atom. The summed E-state index contributed by atoms with van der Waals surface area (Å²) in [6.07, 6.45) is 2.39. The van der Waals surface area contributed by atoms with Crippen molar-refractivity contribution in [1.29, 1.82) is 0 Å². The van der Waals surface area contributed by atoms with Crippen molar-refractivity contribution < 1.29 is 31.8 Å². The smallest absolute Gasteiger partial charge is 0.410 e. The third-order valence-electron chi connectivity index (χ3n) is 5.78. The molecule has 1 saturated heterocycles. The number of benzene rings is 2. The van der Waals surface area contributed by atoms with Gasteiger partial charge in [0.1, 0.15) is 17.2 Å². The summed E-state index contributed by atoms with van der Waals surface area (Å²) in [6, 6.07) is 9.23. The molecule has 3 rings (SSSR count). The van der Waals surface area contributed by atoms with Gasteiger partial charge in [-0.2, -0.15) is 0 Å². The van der Waals surface area contributed by atoms with Crippen LogP contribution in [0.25, 0.3) is 11.1 Å². The minimum Gasteiger partial charge on any atom is -0.493 e. The van der Waals surface area contributed by atoms with E-state index in [0.29, 0.717) is 42.5 Å². The van der Waals surface area contributed by atoms with Gasteiger partial charge in [0.2, 0.25) is 0 Å². The van der Waals surface area contributed by atoms with Crippen LogP contribution in [0.3, 0.4) is 0 Å².